The summed E-state index contributed by atoms with van der Waals surface area (Å²) in [5.74, 6) is -0.387. The van der Waals surface area contributed by atoms with Crippen molar-refractivity contribution in [3.8, 4) is 22.6 Å². The molecule has 0 saturated carbocycles. The van der Waals surface area contributed by atoms with E-state index in [1.807, 2.05) is 0 Å². The molecule has 14 heteroatoms. The summed E-state index contributed by atoms with van der Waals surface area (Å²) >= 11 is 0. The highest BCUT2D eigenvalue weighted by atomic mass is 32.2. The number of nitrogens with zero attached hydrogens (tertiary/aromatic N) is 4. The summed E-state index contributed by atoms with van der Waals surface area (Å²) in [5, 5.41) is 40.0. The fourth-order valence-corrected chi connectivity index (χ4v) is 6.82. The molecule has 6 aromatic rings. The van der Waals surface area contributed by atoms with E-state index in [1.54, 1.807) is 60.7 Å². The average Bonchev–Trinajstić information content (AvgIpc) is 3.03. The van der Waals surface area contributed by atoms with Crippen LogP contribution in [0.25, 0.3) is 32.7 Å². The first kappa shape index (κ1) is 32.4. The molecule has 0 fully saturated rings. The molecule has 0 aliphatic carbocycles. The molecule has 12 nitrogen and oxygen atoms in total. The minimum atomic E-state index is -4.90. The number of hydrogen-bond acceptors (Lipinski definition) is 10. The molecule has 4 N–H and O–H groups in total. The van der Waals surface area contributed by atoms with E-state index in [2.05, 4.69) is 20.5 Å². The third kappa shape index (κ3) is 6.24. The highest BCUT2D eigenvalue weighted by Gasteiger charge is 2.24. The van der Waals surface area contributed by atoms with Crippen LogP contribution in [0.15, 0.2) is 127 Å². The van der Waals surface area contributed by atoms with Crippen molar-refractivity contribution >= 4 is 64.5 Å². The normalized spacial score (nSPS) is 12.5. The number of phenols is 2. The van der Waals surface area contributed by atoms with Crippen LogP contribution >= 0.6 is 0 Å². The van der Waals surface area contributed by atoms with Crippen molar-refractivity contribution < 1.29 is 36.2 Å². The van der Waals surface area contributed by atoms with Crippen molar-refractivity contribution in [2.75, 3.05) is 0 Å². The Morgan fingerprint density at radius 1 is 0.479 bits per heavy atom. The van der Waals surface area contributed by atoms with Crippen molar-refractivity contribution in [2.24, 2.45) is 20.5 Å². The van der Waals surface area contributed by atoms with Crippen LogP contribution in [-0.4, -0.2) is 36.2 Å². The van der Waals surface area contributed by atoms with Crippen LogP contribution in [0.4, 0.5) is 22.7 Å². The third-order valence-electron chi connectivity index (χ3n) is 7.68. The zero-order valence-electron chi connectivity index (χ0n) is 25.3. The quantitative estimate of drug-likeness (QED) is 0.0944. The molecule has 0 amide bonds. The van der Waals surface area contributed by atoms with Gasteiger partial charge in [-0.05, 0) is 83.3 Å². The van der Waals surface area contributed by atoms with Crippen molar-refractivity contribution in [3.05, 3.63) is 108 Å². The van der Waals surface area contributed by atoms with Crippen LogP contribution < -0.4 is 0 Å². The monoisotopic (exact) mass is 682 g/mol. The van der Waals surface area contributed by atoms with Gasteiger partial charge in [-0.25, -0.2) is 0 Å². The van der Waals surface area contributed by atoms with Crippen LogP contribution in [0.5, 0.6) is 11.5 Å². The summed E-state index contributed by atoms with van der Waals surface area (Å²) in [6.45, 7) is 3.04. The van der Waals surface area contributed by atoms with Crippen molar-refractivity contribution in [1.82, 2.24) is 0 Å². The Bertz CT molecular complexity index is 2390. The lowest BCUT2D eigenvalue weighted by Gasteiger charge is -2.13. The van der Waals surface area contributed by atoms with E-state index in [4.69, 9.17) is 0 Å². The van der Waals surface area contributed by atoms with E-state index in [0.717, 1.165) is 22.9 Å². The first-order valence-electron chi connectivity index (χ1n) is 14.2. The highest BCUT2D eigenvalue weighted by Crippen LogP contribution is 2.42. The van der Waals surface area contributed by atoms with Gasteiger partial charge in [0.15, 0.2) is 0 Å². The molecule has 0 atom stereocenters. The first-order valence-corrected chi connectivity index (χ1v) is 17.1. The number of aryl methyl sites for hydroxylation is 2. The Labute approximate surface area is 274 Å². The molecule has 0 spiro atoms. The fraction of sp³-hybridized carbons (Fsp3) is 0.0588. The molecule has 0 aliphatic heterocycles. The minimum Gasteiger partial charge on any atom is -0.506 e. The molecular formula is C34H26N4O8S2. The molecule has 0 aliphatic rings. The Kier molecular flexibility index (Phi) is 8.26. The summed E-state index contributed by atoms with van der Waals surface area (Å²) in [5.41, 5.74) is 0.571. The van der Waals surface area contributed by atoms with Gasteiger partial charge < -0.3 is 10.2 Å². The highest BCUT2D eigenvalue weighted by molar-refractivity contribution is 7.86. The molecule has 48 heavy (non-hydrogen) atoms. The Morgan fingerprint density at radius 3 is 1.21 bits per heavy atom. The summed E-state index contributed by atoms with van der Waals surface area (Å²) in [6.07, 6.45) is 0. The topological polar surface area (TPSA) is 199 Å². The molecule has 0 unspecified atom stereocenters. The van der Waals surface area contributed by atoms with Crippen LogP contribution in [0.3, 0.4) is 0 Å². The SMILES string of the molecule is Cc1cc(-c2cc(C)c(N=Nc3c(O)ccc4ccccc34)c(S(=O)(=O)O)c2)cc(S(=O)(=O)O)c1N=Nc1c(O)ccc2ccccc12. The number of phenolic OH excluding ortho intramolecular Hbond substituents is 2. The maximum absolute atomic E-state index is 12.6. The van der Waals surface area contributed by atoms with E-state index in [-0.39, 0.29) is 56.5 Å². The molecule has 0 bridgehead atoms. The molecule has 0 heterocycles. The van der Waals surface area contributed by atoms with Gasteiger partial charge in [0.05, 0.1) is 0 Å². The van der Waals surface area contributed by atoms with E-state index >= 15 is 0 Å². The summed E-state index contributed by atoms with van der Waals surface area (Å²) < 4.78 is 70.7. The van der Waals surface area contributed by atoms with Gasteiger partial charge in [0.2, 0.25) is 0 Å². The van der Waals surface area contributed by atoms with E-state index < -0.39 is 30.0 Å². The van der Waals surface area contributed by atoms with E-state index in [0.29, 0.717) is 10.8 Å². The lowest BCUT2D eigenvalue weighted by atomic mass is 10.00. The molecule has 242 valence electrons. The van der Waals surface area contributed by atoms with Crippen LogP contribution in [0.2, 0.25) is 0 Å². The predicted octanol–water partition coefficient (Wildman–Crippen LogP) is 9.01. The Hall–Kier alpha value is -5.54. The summed E-state index contributed by atoms with van der Waals surface area (Å²) in [4.78, 5) is -1.25. The number of benzene rings is 6. The number of fused-ring (bicyclic) bond motifs is 2. The van der Waals surface area contributed by atoms with Crippen molar-refractivity contribution in [2.45, 2.75) is 23.6 Å². The summed E-state index contributed by atoms with van der Waals surface area (Å²) in [6, 6.07) is 25.6. The van der Waals surface area contributed by atoms with Gasteiger partial charge in [-0.1, -0.05) is 60.7 Å². The van der Waals surface area contributed by atoms with Gasteiger partial charge in [-0.2, -0.15) is 16.8 Å². The van der Waals surface area contributed by atoms with Crippen molar-refractivity contribution in [1.29, 1.82) is 0 Å². The van der Waals surface area contributed by atoms with E-state index in [1.165, 1.54) is 38.1 Å². The van der Waals surface area contributed by atoms with Gasteiger partial charge in [0.1, 0.15) is 44.0 Å². The van der Waals surface area contributed by atoms with Gasteiger partial charge in [0, 0.05) is 10.8 Å². The van der Waals surface area contributed by atoms with Gasteiger partial charge >= 0.3 is 0 Å². The van der Waals surface area contributed by atoms with Gasteiger partial charge in [-0.3, -0.25) is 9.11 Å². The van der Waals surface area contributed by atoms with Gasteiger partial charge in [0.25, 0.3) is 20.2 Å². The number of aromatic hydroxyl groups is 2. The predicted molar refractivity (Wildman–Crippen MR) is 181 cm³/mol. The molecular weight excluding hydrogens is 657 g/mol. The first-order chi connectivity index (χ1) is 22.7. The maximum Gasteiger partial charge on any atom is 0.296 e. The minimum absolute atomic E-state index is 0.0906. The molecule has 6 rings (SSSR count). The molecule has 6 aromatic carbocycles. The zero-order valence-corrected chi connectivity index (χ0v) is 26.9. The molecule has 0 aromatic heterocycles. The fourth-order valence-electron chi connectivity index (χ4n) is 5.37. The van der Waals surface area contributed by atoms with Crippen molar-refractivity contribution in [3.63, 3.8) is 0 Å². The van der Waals surface area contributed by atoms with Crippen LogP contribution in [0.1, 0.15) is 11.1 Å². The van der Waals surface area contributed by atoms with E-state index in [9.17, 15) is 36.2 Å². The largest absolute Gasteiger partial charge is 0.506 e. The Balaban J connectivity index is 1.47. The smallest absolute Gasteiger partial charge is 0.296 e. The van der Waals surface area contributed by atoms with Crippen LogP contribution in [0, 0.1) is 13.8 Å². The molecule has 0 radical (unpaired) electrons. The molecule has 0 saturated heterocycles. The van der Waals surface area contributed by atoms with Crippen LogP contribution in [-0.2, 0) is 20.2 Å². The zero-order chi connectivity index (χ0) is 34.4. The number of azo groups is 2. The lowest BCUT2D eigenvalue weighted by molar-refractivity contribution is 0.476. The third-order valence-corrected chi connectivity index (χ3v) is 9.41. The second-order valence-electron chi connectivity index (χ2n) is 10.9. The second kappa shape index (κ2) is 12.2. The number of rotatable bonds is 7. The van der Waals surface area contributed by atoms with Gasteiger partial charge in [-0.15, -0.1) is 20.5 Å². The Morgan fingerprint density at radius 2 is 0.833 bits per heavy atom. The number of hydrogen-bond donors (Lipinski definition) is 4. The lowest BCUT2D eigenvalue weighted by Crippen LogP contribution is -2.02. The standard InChI is InChI=1S/C34H26N4O8S2/c1-19-15-23(17-29(47(41,42)43)31(19)35-37-33-25-9-5-3-7-21(25)11-13-27(33)39)24-16-20(2)32(30(18-24)48(44,45)46)36-38-34-26-10-6-4-8-22(26)12-14-28(34)40/h3-18,39-40H,1-2H3,(H,41,42,43)(H,44,45,46). The average molecular weight is 683 g/mol. The maximum atomic E-state index is 12.6. The summed E-state index contributed by atoms with van der Waals surface area (Å²) in [7, 11) is -9.81. The second-order valence-corrected chi connectivity index (χ2v) is 13.7.